The lowest BCUT2D eigenvalue weighted by Crippen LogP contribution is -2.40. The second-order valence-corrected chi connectivity index (χ2v) is 7.18. The van der Waals surface area contributed by atoms with E-state index < -0.39 is 12.1 Å². The summed E-state index contributed by atoms with van der Waals surface area (Å²) < 4.78 is 49.8. The summed E-state index contributed by atoms with van der Waals surface area (Å²) >= 11 is 0. The topological polar surface area (TPSA) is 76.8 Å². The molecule has 0 bridgehead atoms. The predicted molar refractivity (Wildman–Crippen MR) is 104 cm³/mol. The Bertz CT molecular complexity index is 1040. The summed E-state index contributed by atoms with van der Waals surface area (Å²) in [6.07, 6.45) is 0.280. The Balaban J connectivity index is 1.73. The second kappa shape index (κ2) is 7.98. The molecular formula is C19H21F3N6O2. The van der Waals surface area contributed by atoms with Crippen LogP contribution < -0.4 is 14.8 Å². The number of fused-ring (bicyclic) bond motifs is 1. The van der Waals surface area contributed by atoms with Crippen molar-refractivity contribution >= 4 is 11.5 Å². The third-order valence-electron chi connectivity index (χ3n) is 4.98. The second-order valence-electron chi connectivity index (χ2n) is 7.18. The Hall–Kier alpha value is -3.08. The van der Waals surface area contributed by atoms with Gasteiger partial charge in [0.2, 0.25) is 5.95 Å². The normalized spacial score (nSPS) is 17.8. The molecule has 0 amide bonds. The minimum Gasteiger partial charge on any atom is -0.497 e. The van der Waals surface area contributed by atoms with Gasteiger partial charge in [0, 0.05) is 24.2 Å². The minimum absolute atomic E-state index is 0.134. The van der Waals surface area contributed by atoms with Crippen LogP contribution in [0.3, 0.4) is 0 Å². The standard InChI is InChI=1S/C19H21F3N6O2/c1-27-7-3-4-12(10-27)24-18-26-25-17(15-9-23-11-28(15)18)14-6-5-13(29-2)8-16(14)30-19(20,21)22/h5-6,8-9,11-12H,3-4,7,10H2,1-2H3,(H,24,26). The number of imidazole rings is 1. The van der Waals surface area contributed by atoms with E-state index in [1.54, 1.807) is 10.7 Å². The van der Waals surface area contributed by atoms with E-state index in [1.807, 2.05) is 0 Å². The number of ether oxygens (including phenoxy) is 2. The maximum absolute atomic E-state index is 13.0. The lowest BCUT2D eigenvalue weighted by Gasteiger charge is -2.30. The Labute approximate surface area is 170 Å². The largest absolute Gasteiger partial charge is 0.573 e. The molecular weight excluding hydrogens is 401 g/mol. The van der Waals surface area contributed by atoms with Crippen molar-refractivity contribution in [2.75, 3.05) is 32.6 Å². The number of piperidine rings is 1. The van der Waals surface area contributed by atoms with Crippen LogP contribution in [-0.4, -0.2) is 64.1 Å². The Morgan fingerprint density at radius 1 is 1.23 bits per heavy atom. The van der Waals surface area contributed by atoms with Crippen molar-refractivity contribution in [1.29, 1.82) is 0 Å². The minimum atomic E-state index is -4.86. The predicted octanol–water partition coefficient (Wildman–Crippen LogP) is 3.20. The lowest BCUT2D eigenvalue weighted by molar-refractivity contribution is -0.274. The molecule has 8 nitrogen and oxygen atoms in total. The summed E-state index contributed by atoms with van der Waals surface area (Å²) in [5, 5.41) is 11.8. The van der Waals surface area contributed by atoms with Crippen LogP contribution in [0.5, 0.6) is 11.5 Å². The van der Waals surface area contributed by atoms with Crippen molar-refractivity contribution in [2.45, 2.75) is 25.2 Å². The fourth-order valence-electron chi connectivity index (χ4n) is 3.63. The molecule has 1 saturated heterocycles. The van der Waals surface area contributed by atoms with Gasteiger partial charge in [0.15, 0.2) is 0 Å². The average molecular weight is 422 g/mol. The van der Waals surface area contributed by atoms with Gasteiger partial charge in [-0.25, -0.2) is 4.98 Å². The van der Waals surface area contributed by atoms with Gasteiger partial charge in [-0.05, 0) is 38.6 Å². The van der Waals surface area contributed by atoms with Gasteiger partial charge in [0.05, 0.1) is 18.8 Å². The molecule has 30 heavy (non-hydrogen) atoms. The molecule has 3 aromatic rings. The third kappa shape index (κ3) is 4.25. The number of aromatic nitrogens is 4. The van der Waals surface area contributed by atoms with Crippen LogP contribution in [0.4, 0.5) is 19.1 Å². The van der Waals surface area contributed by atoms with Gasteiger partial charge in [-0.1, -0.05) is 0 Å². The monoisotopic (exact) mass is 422 g/mol. The highest BCUT2D eigenvalue weighted by Gasteiger charge is 2.33. The zero-order valence-electron chi connectivity index (χ0n) is 16.5. The van der Waals surface area contributed by atoms with Crippen molar-refractivity contribution in [3.8, 4) is 22.8 Å². The molecule has 1 fully saturated rings. The summed E-state index contributed by atoms with van der Waals surface area (Å²) in [7, 11) is 3.42. The van der Waals surface area contributed by atoms with E-state index >= 15 is 0 Å². The Kier molecular flexibility index (Phi) is 5.37. The van der Waals surface area contributed by atoms with E-state index in [4.69, 9.17) is 4.74 Å². The molecule has 1 atom stereocenters. The number of halogens is 3. The van der Waals surface area contributed by atoms with E-state index in [9.17, 15) is 13.2 Å². The number of benzene rings is 1. The first-order chi connectivity index (χ1) is 14.3. The highest BCUT2D eigenvalue weighted by Crippen LogP contribution is 2.37. The molecule has 0 radical (unpaired) electrons. The smallest absolute Gasteiger partial charge is 0.497 e. The highest BCUT2D eigenvalue weighted by molar-refractivity contribution is 5.81. The molecule has 0 aliphatic carbocycles. The van der Waals surface area contributed by atoms with Gasteiger partial charge in [-0.2, -0.15) is 0 Å². The zero-order valence-corrected chi connectivity index (χ0v) is 16.5. The van der Waals surface area contributed by atoms with Crippen molar-refractivity contribution in [3.05, 3.63) is 30.7 Å². The van der Waals surface area contributed by atoms with Gasteiger partial charge < -0.3 is 19.7 Å². The van der Waals surface area contributed by atoms with Crippen molar-refractivity contribution in [3.63, 3.8) is 0 Å². The van der Waals surface area contributed by atoms with E-state index in [0.717, 1.165) is 25.9 Å². The first kappa shape index (κ1) is 20.2. The number of hydrogen-bond acceptors (Lipinski definition) is 7. The maximum atomic E-state index is 13.0. The van der Waals surface area contributed by atoms with Crippen LogP contribution in [0.15, 0.2) is 30.7 Å². The Morgan fingerprint density at radius 2 is 2.07 bits per heavy atom. The summed E-state index contributed by atoms with van der Waals surface area (Å²) in [5.41, 5.74) is 0.865. The number of methoxy groups -OCH3 is 1. The van der Waals surface area contributed by atoms with Gasteiger partial charge in [-0.3, -0.25) is 4.40 Å². The molecule has 11 heteroatoms. The number of anilines is 1. The lowest BCUT2D eigenvalue weighted by atomic mass is 10.1. The summed E-state index contributed by atoms with van der Waals surface area (Å²) in [5.74, 6) is 0.294. The number of rotatable bonds is 5. The summed E-state index contributed by atoms with van der Waals surface area (Å²) in [6.45, 7) is 1.91. The summed E-state index contributed by atoms with van der Waals surface area (Å²) in [4.78, 5) is 6.37. The number of nitrogens with one attached hydrogen (secondary N) is 1. The molecule has 1 aromatic carbocycles. The molecule has 1 unspecified atom stereocenters. The van der Waals surface area contributed by atoms with Crippen molar-refractivity contribution < 1.29 is 22.6 Å². The van der Waals surface area contributed by atoms with Crippen LogP contribution in [-0.2, 0) is 0 Å². The van der Waals surface area contributed by atoms with Crippen molar-refractivity contribution in [1.82, 2.24) is 24.5 Å². The fourth-order valence-corrected chi connectivity index (χ4v) is 3.63. The molecule has 0 spiro atoms. The third-order valence-corrected chi connectivity index (χ3v) is 4.98. The fraction of sp³-hybridized carbons (Fsp3) is 0.421. The average Bonchev–Trinajstić information content (AvgIpc) is 3.18. The molecule has 3 heterocycles. The van der Waals surface area contributed by atoms with Crippen LogP contribution in [0.1, 0.15) is 12.8 Å². The van der Waals surface area contributed by atoms with Crippen molar-refractivity contribution in [2.24, 2.45) is 0 Å². The first-order valence-corrected chi connectivity index (χ1v) is 9.42. The van der Waals surface area contributed by atoms with Gasteiger partial charge in [0.1, 0.15) is 23.5 Å². The van der Waals surface area contributed by atoms with E-state index in [1.165, 1.54) is 31.5 Å². The number of hydrogen-bond donors (Lipinski definition) is 1. The number of likely N-dealkylation sites (tertiary alicyclic amines) is 1. The molecule has 2 aromatic heterocycles. The van der Waals surface area contributed by atoms with Gasteiger partial charge in [0.25, 0.3) is 0 Å². The maximum Gasteiger partial charge on any atom is 0.573 e. The molecule has 1 aliphatic heterocycles. The first-order valence-electron chi connectivity index (χ1n) is 9.42. The molecule has 160 valence electrons. The van der Waals surface area contributed by atoms with Crippen LogP contribution in [0.2, 0.25) is 0 Å². The SMILES string of the molecule is COc1ccc(-c2nnc(NC3CCCN(C)C3)n3cncc23)c(OC(F)(F)F)c1. The molecule has 1 N–H and O–H groups in total. The van der Waals surface area contributed by atoms with Crippen LogP contribution in [0, 0.1) is 0 Å². The quantitative estimate of drug-likeness (QED) is 0.677. The van der Waals surface area contributed by atoms with E-state index in [-0.39, 0.29) is 23.0 Å². The van der Waals surface area contributed by atoms with Gasteiger partial charge in [-0.15, -0.1) is 23.4 Å². The van der Waals surface area contributed by atoms with Gasteiger partial charge >= 0.3 is 6.36 Å². The molecule has 4 rings (SSSR count). The summed E-state index contributed by atoms with van der Waals surface area (Å²) in [6, 6.07) is 4.36. The van der Waals surface area contributed by atoms with E-state index in [0.29, 0.717) is 11.5 Å². The van der Waals surface area contributed by atoms with E-state index in [2.05, 4.69) is 37.2 Å². The van der Waals surface area contributed by atoms with Crippen LogP contribution in [0.25, 0.3) is 16.8 Å². The number of nitrogens with zero attached hydrogens (tertiary/aromatic N) is 5. The number of alkyl halides is 3. The Morgan fingerprint density at radius 3 is 2.80 bits per heavy atom. The highest BCUT2D eigenvalue weighted by atomic mass is 19.4. The zero-order chi connectivity index (χ0) is 21.3. The van der Waals surface area contributed by atoms with Crippen LogP contribution >= 0.6 is 0 Å². The number of likely N-dealkylation sites (N-methyl/N-ethyl adjacent to an activating group) is 1. The molecule has 0 saturated carbocycles. The molecule has 1 aliphatic rings.